The molecule has 0 atom stereocenters. The van der Waals surface area contributed by atoms with E-state index in [1.165, 1.54) is 37.2 Å². The van der Waals surface area contributed by atoms with E-state index < -0.39 is 0 Å². The summed E-state index contributed by atoms with van der Waals surface area (Å²) in [5, 5.41) is 0. The molecule has 0 bridgehead atoms. The molecule has 1 aliphatic heterocycles. The first-order valence-electron chi connectivity index (χ1n) is 5.94. The summed E-state index contributed by atoms with van der Waals surface area (Å²) in [4.78, 5) is 2.46. The van der Waals surface area contributed by atoms with E-state index in [4.69, 9.17) is 5.73 Å². The van der Waals surface area contributed by atoms with Gasteiger partial charge in [-0.2, -0.15) is 0 Å². The van der Waals surface area contributed by atoms with Crippen LogP contribution in [0, 0.1) is 0 Å². The van der Waals surface area contributed by atoms with Crippen molar-refractivity contribution in [2.45, 2.75) is 25.7 Å². The first-order valence-corrected chi connectivity index (χ1v) is 5.94. The fourth-order valence-corrected chi connectivity index (χ4v) is 2.15. The number of rotatable bonds is 4. The molecule has 2 N–H and O–H groups in total. The van der Waals surface area contributed by atoms with Crippen molar-refractivity contribution in [3.63, 3.8) is 0 Å². The highest BCUT2D eigenvalue weighted by molar-refractivity contribution is 5.48. The fraction of sp³-hybridized carbons (Fsp3) is 0.538. The average molecular weight is 204 g/mol. The van der Waals surface area contributed by atoms with Crippen LogP contribution in [0.2, 0.25) is 0 Å². The molecule has 0 aromatic heterocycles. The number of benzene rings is 1. The number of anilines is 1. The minimum Gasteiger partial charge on any atom is -0.372 e. The van der Waals surface area contributed by atoms with Gasteiger partial charge in [-0.05, 0) is 49.9 Å². The molecule has 1 heterocycles. The maximum absolute atomic E-state index is 5.50. The minimum absolute atomic E-state index is 0.786. The van der Waals surface area contributed by atoms with Gasteiger partial charge in [0, 0.05) is 18.8 Å². The number of aryl methyl sites for hydroxylation is 1. The Bertz CT molecular complexity index is 286. The third-order valence-corrected chi connectivity index (χ3v) is 3.08. The summed E-state index contributed by atoms with van der Waals surface area (Å²) in [6.07, 6.45) is 4.88. The maximum Gasteiger partial charge on any atom is 0.0366 e. The lowest BCUT2D eigenvalue weighted by Gasteiger charge is -2.17. The van der Waals surface area contributed by atoms with Gasteiger partial charge in [0.25, 0.3) is 0 Å². The molecule has 1 aromatic carbocycles. The van der Waals surface area contributed by atoms with Crippen molar-refractivity contribution in [1.29, 1.82) is 0 Å². The van der Waals surface area contributed by atoms with Crippen LogP contribution in [0.25, 0.3) is 0 Å². The third-order valence-electron chi connectivity index (χ3n) is 3.08. The molecule has 0 saturated carbocycles. The predicted octanol–water partition coefficient (Wildman–Crippen LogP) is 2.18. The Morgan fingerprint density at radius 3 is 2.33 bits per heavy atom. The van der Waals surface area contributed by atoms with Gasteiger partial charge in [-0.1, -0.05) is 12.1 Å². The van der Waals surface area contributed by atoms with Crippen LogP contribution in [0.5, 0.6) is 0 Å². The summed E-state index contributed by atoms with van der Waals surface area (Å²) >= 11 is 0. The van der Waals surface area contributed by atoms with E-state index in [2.05, 4.69) is 29.2 Å². The highest BCUT2D eigenvalue weighted by Gasteiger charge is 2.11. The topological polar surface area (TPSA) is 29.3 Å². The fourth-order valence-electron chi connectivity index (χ4n) is 2.15. The third kappa shape index (κ3) is 2.72. The van der Waals surface area contributed by atoms with E-state index in [0.29, 0.717) is 0 Å². The van der Waals surface area contributed by atoms with E-state index >= 15 is 0 Å². The lowest BCUT2D eigenvalue weighted by atomic mass is 10.1. The molecule has 1 aliphatic rings. The van der Waals surface area contributed by atoms with Crippen LogP contribution < -0.4 is 10.6 Å². The van der Waals surface area contributed by atoms with Crippen LogP contribution >= 0.6 is 0 Å². The van der Waals surface area contributed by atoms with Crippen LogP contribution in [0.15, 0.2) is 24.3 Å². The Morgan fingerprint density at radius 2 is 1.73 bits per heavy atom. The minimum atomic E-state index is 0.786. The predicted molar refractivity (Wildman–Crippen MR) is 65.3 cm³/mol. The Labute approximate surface area is 92.1 Å². The molecule has 0 aliphatic carbocycles. The smallest absolute Gasteiger partial charge is 0.0366 e. The van der Waals surface area contributed by atoms with Crippen molar-refractivity contribution in [1.82, 2.24) is 0 Å². The molecule has 0 radical (unpaired) electrons. The standard InChI is InChI=1S/C13H20N2/c14-9-3-4-12-5-7-13(8-6-12)15-10-1-2-11-15/h5-8H,1-4,9-11,14H2. The Balaban J connectivity index is 1.96. The lowest BCUT2D eigenvalue weighted by Crippen LogP contribution is -2.17. The number of nitrogens with two attached hydrogens (primary N) is 1. The highest BCUT2D eigenvalue weighted by atomic mass is 15.1. The van der Waals surface area contributed by atoms with E-state index in [0.717, 1.165) is 19.4 Å². The molecule has 1 saturated heterocycles. The van der Waals surface area contributed by atoms with Crippen LogP contribution in [0.4, 0.5) is 5.69 Å². The summed E-state index contributed by atoms with van der Waals surface area (Å²) in [6.45, 7) is 3.23. The van der Waals surface area contributed by atoms with Gasteiger partial charge in [0.05, 0.1) is 0 Å². The van der Waals surface area contributed by atoms with Gasteiger partial charge >= 0.3 is 0 Å². The normalized spacial score (nSPS) is 15.9. The quantitative estimate of drug-likeness (QED) is 0.814. The highest BCUT2D eigenvalue weighted by Crippen LogP contribution is 2.20. The van der Waals surface area contributed by atoms with Crippen molar-refractivity contribution < 1.29 is 0 Å². The molecule has 2 rings (SSSR count). The Morgan fingerprint density at radius 1 is 1.07 bits per heavy atom. The zero-order chi connectivity index (χ0) is 10.5. The Kier molecular flexibility index (Phi) is 3.62. The molecular formula is C13H20N2. The lowest BCUT2D eigenvalue weighted by molar-refractivity contribution is 0.832. The van der Waals surface area contributed by atoms with Gasteiger partial charge in [0.2, 0.25) is 0 Å². The number of hydrogen-bond acceptors (Lipinski definition) is 2. The average Bonchev–Trinajstić information content (AvgIpc) is 2.80. The van der Waals surface area contributed by atoms with Crippen molar-refractivity contribution in [3.05, 3.63) is 29.8 Å². The molecule has 15 heavy (non-hydrogen) atoms. The van der Waals surface area contributed by atoms with E-state index in [1.807, 2.05) is 0 Å². The van der Waals surface area contributed by atoms with E-state index in [1.54, 1.807) is 0 Å². The zero-order valence-electron chi connectivity index (χ0n) is 9.28. The summed E-state index contributed by atoms with van der Waals surface area (Å²) in [6, 6.07) is 8.97. The molecule has 0 amide bonds. The van der Waals surface area contributed by atoms with Gasteiger partial charge in [-0.15, -0.1) is 0 Å². The van der Waals surface area contributed by atoms with Crippen LogP contribution in [-0.2, 0) is 6.42 Å². The molecule has 2 nitrogen and oxygen atoms in total. The molecule has 1 aromatic rings. The van der Waals surface area contributed by atoms with E-state index in [9.17, 15) is 0 Å². The van der Waals surface area contributed by atoms with Crippen molar-refractivity contribution >= 4 is 5.69 Å². The molecule has 0 unspecified atom stereocenters. The number of hydrogen-bond donors (Lipinski definition) is 1. The SMILES string of the molecule is NCCCc1ccc(N2CCCC2)cc1. The van der Waals surface area contributed by atoms with Gasteiger partial charge in [-0.25, -0.2) is 0 Å². The van der Waals surface area contributed by atoms with Crippen molar-refractivity contribution in [3.8, 4) is 0 Å². The van der Waals surface area contributed by atoms with Crippen LogP contribution in [0.3, 0.4) is 0 Å². The maximum atomic E-state index is 5.50. The van der Waals surface area contributed by atoms with Gasteiger partial charge < -0.3 is 10.6 Å². The van der Waals surface area contributed by atoms with Crippen molar-refractivity contribution in [2.24, 2.45) is 5.73 Å². The zero-order valence-corrected chi connectivity index (χ0v) is 9.28. The van der Waals surface area contributed by atoms with Crippen LogP contribution in [0.1, 0.15) is 24.8 Å². The summed E-state index contributed by atoms with van der Waals surface area (Å²) < 4.78 is 0. The van der Waals surface area contributed by atoms with E-state index in [-0.39, 0.29) is 0 Å². The summed E-state index contributed by atoms with van der Waals surface area (Å²) in [7, 11) is 0. The first kappa shape index (κ1) is 10.5. The summed E-state index contributed by atoms with van der Waals surface area (Å²) in [5.41, 5.74) is 8.28. The second-order valence-corrected chi connectivity index (χ2v) is 4.25. The largest absolute Gasteiger partial charge is 0.372 e. The van der Waals surface area contributed by atoms with Crippen LogP contribution in [-0.4, -0.2) is 19.6 Å². The van der Waals surface area contributed by atoms with Gasteiger partial charge in [-0.3, -0.25) is 0 Å². The molecule has 1 fully saturated rings. The second kappa shape index (κ2) is 5.17. The Hall–Kier alpha value is -1.02. The first-order chi connectivity index (χ1) is 7.40. The number of nitrogens with zero attached hydrogens (tertiary/aromatic N) is 1. The van der Waals surface area contributed by atoms with Gasteiger partial charge in [0.15, 0.2) is 0 Å². The second-order valence-electron chi connectivity index (χ2n) is 4.25. The molecule has 0 spiro atoms. The molecular weight excluding hydrogens is 184 g/mol. The summed E-state index contributed by atoms with van der Waals surface area (Å²) in [5.74, 6) is 0. The molecule has 82 valence electrons. The molecule has 2 heteroatoms. The van der Waals surface area contributed by atoms with Crippen molar-refractivity contribution in [2.75, 3.05) is 24.5 Å². The monoisotopic (exact) mass is 204 g/mol. The van der Waals surface area contributed by atoms with Gasteiger partial charge in [0.1, 0.15) is 0 Å².